The molecule has 73 heavy (non-hydrogen) atoms. The number of nitrogens with one attached hydrogen (secondary N) is 2. The van der Waals surface area contributed by atoms with Crippen LogP contribution in [0, 0.1) is 15.5 Å². The van der Waals surface area contributed by atoms with Crippen LogP contribution in [0.2, 0.25) is 0 Å². The van der Waals surface area contributed by atoms with E-state index in [-0.39, 0.29) is 93.9 Å². The van der Waals surface area contributed by atoms with E-state index >= 15 is 8.42 Å². The molecule has 1 spiro atoms. The highest BCUT2D eigenvalue weighted by Crippen LogP contribution is 2.56. The third-order valence-electron chi connectivity index (χ3n) is 16.9. The molecule has 8 aliphatic rings. The number of primary amides is 1. The van der Waals surface area contributed by atoms with Crippen LogP contribution in [0.5, 0.6) is 17.4 Å². The molecule has 0 unspecified atom stereocenters. The van der Waals surface area contributed by atoms with E-state index in [1.54, 1.807) is 23.2 Å². The molecule has 7 aliphatic heterocycles. The summed E-state index contributed by atoms with van der Waals surface area (Å²) in [5.41, 5.74) is 8.66. The zero-order valence-corrected chi connectivity index (χ0v) is 41.9. The third-order valence-corrected chi connectivity index (χ3v) is 18.7. The number of morpholine rings is 1. The van der Waals surface area contributed by atoms with Gasteiger partial charge in [-0.25, -0.2) is 8.42 Å². The number of likely N-dealkylation sites (tertiary alicyclic amines) is 2. The second-order valence-corrected chi connectivity index (χ2v) is 23.6. The Morgan fingerprint density at radius 2 is 1.85 bits per heavy atom. The second-order valence-electron chi connectivity index (χ2n) is 21.7. The van der Waals surface area contributed by atoms with Crippen molar-refractivity contribution < 1.29 is 41.8 Å². The van der Waals surface area contributed by atoms with Crippen LogP contribution in [-0.4, -0.2) is 141 Å². The van der Waals surface area contributed by atoms with Gasteiger partial charge in [0.15, 0.2) is 11.4 Å². The molecule has 6 fully saturated rings. The van der Waals surface area contributed by atoms with Crippen molar-refractivity contribution in [3.63, 3.8) is 0 Å². The third kappa shape index (κ3) is 7.93. The maximum Gasteiger partial charge on any atom is 0.297 e. The van der Waals surface area contributed by atoms with Crippen molar-refractivity contribution in [2.75, 3.05) is 74.3 Å². The summed E-state index contributed by atoms with van der Waals surface area (Å²) in [6.07, 6.45) is 8.31. The molecular formula is C53H61N9O10S. The van der Waals surface area contributed by atoms with Gasteiger partial charge in [-0.3, -0.25) is 24.7 Å². The molecular weight excluding hydrogens is 955 g/mol. The number of aromatic nitrogens is 2. The number of H-pyrrole nitrogens is 1. The van der Waals surface area contributed by atoms with Crippen molar-refractivity contribution in [3.8, 4) is 17.4 Å². The molecule has 20 heteroatoms. The van der Waals surface area contributed by atoms with Crippen molar-refractivity contribution in [3.05, 3.63) is 88.1 Å². The predicted octanol–water partition coefficient (Wildman–Crippen LogP) is 6.72. The Balaban J connectivity index is 0.875. The Morgan fingerprint density at radius 1 is 1.01 bits per heavy atom. The summed E-state index contributed by atoms with van der Waals surface area (Å²) in [5, 5.41) is 17.1. The van der Waals surface area contributed by atoms with Crippen molar-refractivity contribution in [2.24, 2.45) is 11.1 Å². The van der Waals surface area contributed by atoms with Gasteiger partial charge >= 0.3 is 0 Å². The number of amides is 1. The summed E-state index contributed by atoms with van der Waals surface area (Å²) in [5.74, 6) is 0.393. The molecule has 1 amide bonds. The minimum absolute atomic E-state index is 0.0416. The lowest BCUT2D eigenvalue weighted by Crippen LogP contribution is -2.55. The fraction of sp³-hybridized carbons (Fsp3) is 0.509. The zero-order chi connectivity index (χ0) is 49.9. The fourth-order valence-electron chi connectivity index (χ4n) is 13.5. The molecule has 2 aromatic heterocycles. The van der Waals surface area contributed by atoms with Crippen LogP contribution in [0.25, 0.3) is 11.0 Å². The number of pyridine rings is 1. The number of nitrogens with two attached hydrogens (primary N) is 1. The van der Waals surface area contributed by atoms with Crippen molar-refractivity contribution >= 4 is 55.2 Å². The first kappa shape index (κ1) is 46.6. The van der Waals surface area contributed by atoms with Crippen LogP contribution in [0.4, 0.5) is 28.4 Å². The number of hydrogen-bond acceptors (Lipinski definition) is 16. The van der Waals surface area contributed by atoms with Gasteiger partial charge in [-0.1, -0.05) is 18.2 Å². The van der Waals surface area contributed by atoms with Crippen LogP contribution in [0.3, 0.4) is 0 Å². The van der Waals surface area contributed by atoms with E-state index in [0.717, 1.165) is 75.2 Å². The molecule has 5 saturated heterocycles. The van der Waals surface area contributed by atoms with Crippen LogP contribution in [-0.2, 0) is 19.3 Å². The highest BCUT2D eigenvalue weighted by Gasteiger charge is 2.52. The number of carbonyl (C=O) groups excluding carboxylic acids is 1. The first-order chi connectivity index (χ1) is 35.3. The Morgan fingerprint density at radius 3 is 2.62 bits per heavy atom. The number of aromatic amines is 1. The number of carbonyl (C=O) groups is 1. The van der Waals surface area contributed by atoms with Gasteiger partial charge in [-0.05, 0) is 101 Å². The van der Waals surface area contributed by atoms with Crippen LogP contribution >= 0.6 is 0 Å². The number of nitro groups is 1. The molecule has 3 aromatic carbocycles. The summed E-state index contributed by atoms with van der Waals surface area (Å²) in [6.45, 7) is 8.77. The van der Waals surface area contributed by atoms with Gasteiger partial charge in [0.2, 0.25) is 15.7 Å². The van der Waals surface area contributed by atoms with Crippen LogP contribution < -0.4 is 35.1 Å². The molecule has 6 atom stereocenters. The number of benzene rings is 3. The quantitative estimate of drug-likeness (QED) is 0.0872. The normalized spacial score (nSPS) is 26.6. The van der Waals surface area contributed by atoms with E-state index in [2.05, 4.69) is 57.0 Å². The second kappa shape index (κ2) is 17.7. The van der Waals surface area contributed by atoms with Gasteiger partial charge in [0.05, 0.1) is 70.9 Å². The first-order valence-electron chi connectivity index (χ1n) is 25.9. The standard InChI is InChI=1S/C53H61N9O10S/c1-30(2)71-44-8-4-3-6-37(44)39-7-5-15-60(39)34-22-53(23-34)12-16-58(17-13-53)40-10-9-38(50(54)63)48(61-42-18-31-11-14-55-51(31)57-52(42)72-46-29-68-28-43(46)61)49(40)73(66,67)36-20-41(62(64)65)47-45(21-36)70-26-32(56-47)24-59-25-35-19-33(59)27-69-35/h3-4,6,8-11,14,18,20-21,30,32-35,39,43,46,56H,5,7,12-13,15-17,19,22-29H2,1-2H3,(H2,54,63)(H,55,57)/t32-,33-,35-,39-,43+,46+/m0/s1. The van der Waals surface area contributed by atoms with Crippen LogP contribution in [0.15, 0.2) is 76.7 Å². The minimum Gasteiger partial charge on any atom is -0.491 e. The summed E-state index contributed by atoms with van der Waals surface area (Å²) in [6, 6.07) is 18.0. The van der Waals surface area contributed by atoms with E-state index in [0.29, 0.717) is 49.3 Å². The lowest BCUT2D eigenvalue weighted by molar-refractivity contribution is -0.384. The lowest BCUT2D eigenvalue weighted by Gasteiger charge is -2.56. The number of nitro benzene ring substituents is 1. The SMILES string of the molecule is CC(C)Oc1ccccc1[C@@H]1CCCN1C1CC2(CCN(c3ccc(C(N)=O)c(N4c5cc6cc[nH]c6nc5O[C@@H]5COC[C@H]54)c3S(=O)(=O)c3cc4c(c([N+](=O)[O-])c3)N[C@@H](CN3C[C@@H]5C[C@H]3CO5)CO4)CC2)C1. The number of para-hydroxylation sites is 1. The minimum atomic E-state index is -4.78. The van der Waals surface area contributed by atoms with Gasteiger partial charge in [-0.15, -0.1) is 0 Å². The summed E-state index contributed by atoms with van der Waals surface area (Å²) in [7, 11) is -4.78. The zero-order valence-electron chi connectivity index (χ0n) is 41.0. The number of hydrogen-bond donors (Lipinski definition) is 3. The summed E-state index contributed by atoms with van der Waals surface area (Å²) < 4.78 is 63.1. The van der Waals surface area contributed by atoms with E-state index in [9.17, 15) is 14.9 Å². The molecule has 384 valence electrons. The van der Waals surface area contributed by atoms with E-state index in [4.69, 9.17) is 34.4 Å². The van der Waals surface area contributed by atoms with Crippen molar-refractivity contribution in [1.29, 1.82) is 0 Å². The smallest absolute Gasteiger partial charge is 0.297 e. The maximum absolute atomic E-state index is 16.1. The molecule has 0 radical (unpaired) electrons. The highest BCUT2D eigenvalue weighted by atomic mass is 32.2. The van der Waals surface area contributed by atoms with Crippen molar-refractivity contribution in [1.82, 2.24) is 19.8 Å². The Labute approximate surface area is 423 Å². The molecule has 4 N–H and O–H groups in total. The average Bonchev–Trinajstić information content (AvgIpc) is 4.25. The first-order valence-corrected chi connectivity index (χ1v) is 27.4. The van der Waals surface area contributed by atoms with Gasteiger partial charge in [0.1, 0.15) is 34.7 Å². The number of piperidine rings is 1. The average molecular weight is 1020 g/mol. The Bertz CT molecular complexity index is 3130. The number of rotatable bonds is 12. The number of sulfone groups is 1. The number of anilines is 4. The highest BCUT2D eigenvalue weighted by molar-refractivity contribution is 7.91. The molecule has 1 saturated carbocycles. The molecule has 5 aromatic rings. The monoisotopic (exact) mass is 1020 g/mol. The largest absolute Gasteiger partial charge is 0.491 e. The maximum atomic E-state index is 16.1. The van der Waals surface area contributed by atoms with Gasteiger partial charge in [0, 0.05) is 73.6 Å². The lowest BCUT2D eigenvalue weighted by atomic mass is 9.60. The topological polar surface area (TPSA) is 220 Å². The number of fused-ring (bicyclic) bond motifs is 6. The predicted molar refractivity (Wildman–Crippen MR) is 271 cm³/mol. The van der Waals surface area contributed by atoms with E-state index < -0.39 is 38.5 Å². The molecule has 13 rings (SSSR count). The summed E-state index contributed by atoms with van der Waals surface area (Å²) in [4.78, 5) is 42.7. The molecule has 2 bridgehead atoms. The van der Waals surface area contributed by atoms with E-state index in [1.165, 1.54) is 11.6 Å². The van der Waals surface area contributed by atoms with Gasteiger partial charge in [0.25, 0.3) is 11.6 Å². The summed E-state index contributed by atoms with van der Waals surface area (Å²) >= 11 is 0. The van der Waals surface area contributed by atoms with Crippen molar-refractivity contribution in [2.45, 2.75) is 117 Å². The molecule has 9 heterocycles. The Kier molecular flexibility index (Phi) is 11.3. The van der Waals surface area contributed by atoms with Gasteiger partial charge < -0.3 is 49.5 Å². The van der Waals surface area contributed by atoms with Crippen LogP contribution in [0.1, 0.15) is 80.8 Å². The number of ether oxygens (including phenoxy) is 5. The van der Waals surface area contributed by atoms with Gasteiger partial charge in [-0.2, -0.15) is 4.98 Å². The fourth-order valence-corrected chi connectivity index (χ4v) is 15.2. The molecule has 1 aliphatic carbocycles. The number of nitrogens with zero attached hydrogens (tertiary/aromatic N) is 6. The Hall–Kier alpha value is -6.19. The van der Waals surface area contributed by atoms with E-state index in [1.807, 2.05) is 18.2 Å². The molecule has 19 nitrogen and oxygen atoms in total.